The van der Waals surface area contributed by atoms with Gasteiger partial charge in [0.25, 0.3) is 0 Å². The van der Waals surface area contributed by atoms with Crippen molar-refractivity contribution in [2.24, 2.45) is 10.8 Å². The number of ketones is 2. The van der Waals surface area contributed by atoms with Crippen LogP contribution in [0, 0.1) is 10.8 Å². The van der Waals surface area contributed by atoms with Crippen molar-refractivity contribution in [1.82, 2.24) is 0 Å². The number of rotatable bonds is 3. The minimum absolute atomic E-state index is 0.0441. The predicted octanol–water partition coefficient (Wildman–Crippen LogP) is 5.23. The molecule has 0 unspecified atom stereocenters. The molecule has 5 heteroatoms. The van der Waals surface area contributed by atoms with Gasteiger partial charge in [0.2, 0.25) is 0 Å². The number of aliphatic hydroxyl groups excluding tert-OH is 2. The summed E-state index contributed by atoms with van der Waals surface area (Å²) in [4.78, 5) is 26.6. The normalized spacial score (nSPS) is 23.1. The molecule has 0 saturated carbocycles. The molecule has 3 rings (SSSR count). The average molecular weight is 375 g/mol. The Morgan fingerprint density at radius 1 is 0.885 bits per heavy atom. The first-order valence-electron chi connectivity index (χ1n) is 8.95. The minimum Gasteiger partial charge on any atom is -0.512 e. The molecule has 0 radical (unpaired) electrons. The molecule has 0 atom stereocenters. The first-order chi connectivity index (χ1) is 12.0. The Bertz CT molecular complexity index is 757. The van der Waals surface area contributed by atoms with Crippen molar-refractivity contribution in [3.8, 4) is 0 Å². The standard InChI is InChI=1S/C21H26O4S/c1-20(2)8-12(22)17(13(23)9-20)19(16-6-5-7-26-16)18-14(24)10-21(3,4)11-15(18)25/h5-7,19,22,24H,8-11H2,1-4H3. The molecule has 26 heavy (non-hydrogen) atoms. The van der Waals surface area contributed by atoms with Gasteiger partial charge in [0, 0.05) is 41.7 Å². The largest absolute Gasteiger partial charge is 0.512 e. The highest BCUT2D eigenvalue weighted by molar-refractivity contribution is 7.10. The van der Waals surface area contributed by atoms with Crippen molar-refractivity contribution in [2.75, 3.05) is 0 Å². The van der Waals surface area contributed by atoms with Crippen LogP contribution in [0.15, 0.2) is 40.2 Å². The van der Waals surface area contributed by atoms with E-state index < -0.39 is 5.92 Å². The number of thiophene rings is 1. The summed E-state index contributed by atoms with van der Waals surface area (Å²) in [5.74, 6) is -0.877. The lowest BCUT2D eigenvalue weighted by atomic mass is 9.68. The molecule has 0 aromatic carbocycles. The smallest absolute Gasteiger partial charge is 0.163 e. The Morgan fingerprint density at radius 2 is 1.35 bits per heavy atom. The summed E-state index contributed by atoms with van der Waals surface area (Å²) >= 11 is 1.43. The van der Waals surface area contributed by atoms with E-state index in [4.69, 9.17) is 0 Å². The molecule has 0 saturated heterocycles. The fourth-order valence-electron chi connectivity index (χ4n) is 4.14. The van der Waals surface area contributed by atoms with Crippen molar-refractivity contribution in [1.29, 1.82) is 0 Å². The summed E-state index contributed by atoms with van der Waals surface area (Å²) < 4.78 is 0. The van der Waals surface area contributed by atoms with Gasteiger partial charge >= 0.3 is 0 Å². The van der Waals surface area contributed by atoms with Gasteiger partial charge in [-0.1, -0.05) is 33.8 Å². The lowest BCUT2D eigenvalue weighted by molar-refractivity contribution is -0.119. The molecule has 0 bridgehead atoms. The molecule has 2 N–H and O–H groups in total. The first kappa shape index (κ1) is 18.9. The molecule has 0 amide bonds. The van der Waals surface area contributed by atoms with Crippen LogP contribution in [0.2, 0.25) is 0 Å². The van der Waals surface area contributed by atoms with Gasteiger partial charge in [0.15, 0.2) is 11.6 Å². The third kappa shape index (κ3) is 3.50. The molecule has 1 aromatic heterocycles. The fourth-order valence-corrected chi connectivity index (χ4v) is 4.99. The summed E-state index contributed by atoms with van der Waals surface area (Å²) in [6.45, 7) is 7.79. The first-order valence-corrected chi connectivity index (χ1v) is 9.82. The SMILES string of the molecule is CC1(C)CC(=O)C(C(C2=C(O)CC(C)(C)CC2=O)c2cccs2)=C(O)C1. The van der Waals surface area contributed by atoms with Crippen LogP contribution in [-0.2, 0) is 9.59 Å². The van der Waals surface area contributed by atoms with E-state index in [0.717, 1.165) is 4.88 Å². The van der Waals surface area contributed by atoms with E-state index in [0.29, 0.717) is 25.7 Å². The third-order valence-electron chi connectivity index (χ3n) is 5.20. The van der Waals surface area contributed by atoms with Gasteiger partial charge in [-0.05, 0) is 22.3 Å². The second-order valence-electron chi connectivity index (χ2n) is 9.05. The maximum atomic E-state index is 12.9. The van der Waals surface area contributed by atoms with Crippen LogP contribution in [0.3, 0.4) is 0 Å². The molecule has 0 spiro atoms. The monoisotopic (exact) mass is 374 g/mol. The zero-order valence-electron chi connectivity index (χ0n) is 15.8. The van der Waals surface area contributed by atoms with E-state index in [2.05, 4.69) is 0 Å². The molecule has 140 valence electrons. The number of hydrogen-bond donors (Lipinski definition) is 2. The van der Waals surface area contributed by atoms with E-state index in [9.17, 15) is 19.8 Å². The average Bonchev–Trinajstić information content (AvgIpc) is 2.95. The number of carbonyl (C=O) groups excluding carboxylic acids is 2. The van der Waals surface area contributed by atoms with Crippen LogP contribution in [0.25, 0.3) is 0 Å². The van der Waals surface area contributed by atoms with Gasteiger partial charge in [-0.25, -0.2) is 0 Å². The topological polar surface area (TPSA) is 74.6 Å². The van der Waals surface area contributed by atoms with E-state index in [-0.39, 0.29) is 45.1 Å². The van der Waals surface area contributed by atoms with Gasteiger partial charge < -0.3 is 10.2 Å². The van der Waals surface area contributed by atoms with Crippen LogP contribution in [-0.4, -0.2) is 21.8 Å². The summed E-state index contributed by atoms with van der Waals surface area (Å²) in [5.41, 5.74) is -0.0537. The van der Waals surface area contributed by atoms with Crippen molar-refractivity contribution < 1.29 is 19.8 Å². The van der Waals surface area contributed by atoms with Crippen molar-refractivity contribution >= 4 is 22.9 Å². The quantitative estimate of drug-likeness (QED) is 0.759. The van der Waals surface area contributed by atoms with E-state index in [1.807, 2.05) is 45.2 Å². The maximum Gasteiger partial charge on any atom is 0.163 e. The molecule has 0 aliphatic heterocycles. The highest BCUT2D eigenvalue weighted by atomic mass is 32.1. The van der Waals surface area contributed by atoms with Gasteiger partial charge in [-0.3, -0.25) is 9.59 Å². The third-order valence-corrected chi connectivity index (χ3v) is 6.14. The second kappa shape index (κ2) is 6.38. The number of carbonyl (C=O) groups is 2. The van der Waals surface area contributed by atoms with Crippen LogP contribution in [0.4, 0.5) is 0 Å². The zero-order chi connectivity index (χ0) is 19.3. The number of allylic oxidation sites excluding steroid dienone is 4. The molecule has 0 fully saturated rings. The van der Waals surface area contributed by atoms with E-state index in [1.54, 1.807) is 0 Å². The summed E-state index contributed by atoms with van der Waals surface area (Å²) in [5, 5.41) is 23.3. The lowest BCUT2D eigenvalue weighted by Crippen LogP contribution is -2.33. The van der Waals surface area contributed by atoms with Crippen molar-refractivity contribution in [3.63, 3.8) is 0 Å². The van der Waals surface area contributed by atoms with Gasteiger partial charge in [0.1, 0.15) is 11.5 Å². The van der Waals surface area contributed by atoms with Crippen LogP contribution >= 0.6 is 11.3 Å². The number of Topliss-reactive ketones (excluding diaryl/α,β-unsaturated/α-hetero) is 2. The highest BCUT2D eigenvalue weighted by Crippen LogP contribution is 2.48. The molecule has 2 aliphatic rings. The lowest BCUT2D eigenvalue weighted by Gasteiger charge is -2.36. The molecule has 2 aliphatic carbocycles. The number of hydrogen-bond acceptors (Lipinski definition) is 5. The summed E-state index contributed by atoms with van der Waals surface area (Å²) in [7, 11) is 0. The van der Waals surface area contributed by atoms with Gasteiger partial charge in [-0.2, -0.15) is 0 Å². The van der Waals surface area contributed by atoms with Crippen molar-refractivity contribution in [3.05, 3.63) is 45.1 Å². The minimum atomic E-state index is -0.679. The second-order valence-corrected chi connectivity index (χ2v) is 10.0. The Hall–Kier alpha value is -1.88. The Morgan fingerprint density at radius 3 is 1.69 bits per heavy atom. The Balaban J connectivity index is 2.18. The Labute approximate surface area is 158 Å². The maximum absolute atomic E-state index is 12.9. The van der Waals surface area contributed by atoms with Gasteiger partial charge in [0.05, 0.1) is 5.92 Å². The van der Waals surface area contributed by atoms with Crippen molar-refractivity contribution in [2.45, 2.75) is 59.3 Å². The van der Waals surface area contributed by atoms with Gasteiger partial charge in [-0.15, -0.1) is 11.3 Å². The molecule has 4 nitrogen and oxygen atoms in total. The predicted molar refractivity (Wildman–Crippen MR) is 102 cm³/mol. The molecular weight excluding hydrogens is 348 g/mol. The zero-order valence-corrected chi connectivity index (χ0v) is 16.6. The molecular formula is C21H26O4S. The molecule has 1 aromatic rings. The van der Waals surface area contributed by atoms with Crippen LogP contribution < -0.4 is 0 Å². The summed E-state index contributed by atoms with van der Waals surface area (Å²) in [6.07, 6.45) is 1.43. The molecule has 1 heterocycles. The van der Waals surface area contributed by atoms with Crippen LogP contribution in [0.1, 0.15) is 64.2 Å². The highest BCUT2D eigenvalue weighted by Gasteiger charge is 2.43. The van der Waals surface area contributed by atoms with E-state index in [1.165, 1.54) is 11.3 Å². The van der Waals surface area contributed by atoms with Crippen LogP contribution in [0.5, 0.6) is 0 Å². The number of aliphatic hydroxyl groups is 2. The fraction of sp³-hybridized carbons (Fsp3) is 0.524. The summed E-state index contributed by atoms with van der Waals surface area (Å²) in [6, 6.07) is 3.71. The Kier molecular flexibility index (Phi) is 4.63. The van der Waals surface area contributed by atoms with E-state index >= 15 is 0 Å².